The minimum absolute atomic E-state index is 0.0351. The van der Waals surface area contributed by atoms with Gasteiger partial charge < -0.3 is 29.7 Å². The lowest BCUT2D eigenvalue weighted by molar-refractivity contribution is -0.158. The SMILES string of the molecule is CNC(=O)C[C@]12CC(=O)O[B-]([C@@H](CC(=O)[C@@H](NC(=O)c3cccc(-c4ccccc4)n3)[C@@H](C)O)CC(C)C)(O1)[OH+]C2=O. The maximum atomic E-state index is 13.6. The van der Waals surface area contributed by atoms with E-state index in [9.17, 15) is 29.1 Å². The van der Waals surface area contributed by atoms with Gasteiger partial charge in [0.15, 0.2) is 5.78 Å². The van der Waals surface area contributed by atoms with Gasteiger partial charge >= 0.3 is 12.7 Å². The van der Waals surface area contributed by atoms with Crippen LogP contribution in [0, 0.1) is 5.92 Å². The van der Waals surface area contributed by atoms with Gasteiger partial charge in [-0.2, -0.15) is 0 Å². The van der Waals surface area contributed by atoms with E-state index in [4.69, 9.17) is 9.31 Å². The number of carbonyl (C=O) groups excluding carboxylic acids is 4. The van der Waals surface area contributed by atoms with Gasteiger partial charge in [0.25, 0.3) is 11.9 Å². The summed E-state index contributed by atoms with van der Waals surface area (Å²) >= 11 is 0. The standard InChI is InChI=1S/C29H36BN3O9/c1-17(2)13-20(30-40-25(37)16-29(42-30,28(39)41-30)15-24(36)31-4)14-23(35)26(18(3)34)33-27(38)22-12-8-11-21(32-22)19-9-6-5-7-10-19/h5-12,17-18,20,26,34,41H,13-16H2,1-4H3,(H,31,36)(H,33,38)/t18-,20-,26+,29-,30?/m1/s1. The van der Waals surface area contributed by atoms with Gasteiger partial charge in [-0.1, -0.05) is 56.7 Å². The number of hydrogen-bond donors (Lipinski definition) is 3. The molecule has 12 nitrogen and oxygen atoms in total. The van der Waals surface area contributed by atoms with Gasteiger partial charge in [-0.3, -0.25) is 19.2 Å². The van der Waals surface area contributed by atoms with Crippen LogP contribution in [0.25, 0.3) is 11.3 Å². The number of nitrogens with zero attached hydrogens (tertiary/aromatic N) is 1. The summed E-state index contributed by atoms with van der Waals surface area (Å²) in [6, 6.07) is 12.8. The molecule has 0 saturated carbocycles. The highest BCUT2D eigenvalue weighted by Crippen LogP contribution is 2.47. The smallest absolute Gasteiger partial charge is 0.576 e. The normalized spacial score (nSPS) is 23.4. The number of pyridine rings is 1. The molecule has 2 bridgehead atoms. The Balaban J connectivity index is 1.56. The summed E-state index contributed by atoms with van der Waals surface area (Å²) in [4.78, 5) is 69.1. The van der Waals surface area contributed by atoms with Crippen LogP contribution in [0.15, 0.2) is 48.5 Å². The molecule has 4 N–H and O–H groups in total. The third kappa shape index (κ3) is 6.52. The molecule has 2 fully saturated rings. The van der Waals surface area contributed by atoms with Gasteiger partial charge in [0.1, 0.15) is 11.7 Å². The molecule has 2 amide bonds. The molecule has 1 unspecified atom stereocenters. The van der Waals surface area contributed by atoms with E-state index in [1.807, 2.05) is 44.2 Å². The number of carboxylic acids is 1. The Morgan fingerprint density at radius 1 is 1.10 bits per heavy atom. The van der Waals surface area contributed by atoms with Crippen LogP contribution in [0.1, 0.15) is 56.9 Å². The van der Waals surface area contributed by atoms with Crippen molar-refractivity contribution in [2.24, 2.45) is 5.92 Å². The molecule has 0 radical (unpaired) electrons. The molecular weight excluding hydrogens is 545 g/mol. The molecule has 1 aromatic heterocycles. The van der Waals surface area contributed by atoms with E-state index in [1.165, 1.54) is 20.0 Å². The average Bonchev–Trinajstić information content (AvgIpc) is 3.15. The van der Waals surface area contributed by atoms with Crippen LogP contribution in [0.5, 0.6) is 0 Å². The molecule has 2 aliphatic heterocycles. The van der Waals surface area contributed by atoms with Crippen LogP contribution in [0.3, 0.4) is 0 Å². The number of Topliss-reactive ketones (excluding diaryl/α,β-unsaturated/α-hetero) is 1. The highest BCUT2D eigenvalue weighted by molar-refractivity contribution is 6.67. The van der Waals surface area contributed by atoms with Gasteiger partial charge in [-0.15, -0.1) is 0 Å². The minimum Gasteiger partial charge on any atom is -0.716 e. The van der Waals surface area contributed by atoms with Crippen molar-refractivity contribution in [2.45, 2.75) is 70.0 Å². The zero-order valence-corrected chi connectivity index (χ0v) is 24.0. The fourth-order valence-electron chi connectivity index (χ4n) is 5.55. The molecule has 2 saturated heterocycles. The highest BCUT2D eigenvalue weighted by atomic mass is 16.8. The Hall–Kier alpha value is -4.10. The topological polar surface area (TPSA) is 174 Å². The first kappa shape index (κ1) is 30.9. The monoisotopic (exact) mass is 581 g/mol. The van der Waals surface area contributed by atoms with Crippen LogP contribution in [0.4, 0.5) is 0 Å². The maximum Gasteiger partial charge on any atom is 0.576 e. The van der Waals surface area contributed by atoms with E-state index in [1.54, 1.807) is 12.1 Å². The van der Waals surface area contributed by atoms with Crippen molar-refractivity contribution in [3.63, 3.8) is 0 Å². The lowest BCUT2D eigenvalue weighted by atomic mass is 9.57. The van der Waals surface area contributed by atoms with Crippen molar-refractivity contribution in [1.29, 1.82) is 0 Å². The first-order valence-corrected chi connectivity index (χ1v) is 14.0. The second kappa shape index (κ2) is 12.4. The zero-order chi connectivity index (χ0) is 30.7. The summed E-state index contributed by atoms with van der Waals surface area (Å²) in [5.41, 5.74) is -0.388. The molecule has 5 atom stereocenters. The number of hydrogen-bond acceptors (Lipinski definition) is 9. The number of aromatic nitrogens is 1. The van der Waals surface area contributed by atoms with Gasteiger partial charge in [0.2, 0.25) is 11.5 Å². The first-order chi connectivity index (χ1) is 19.9. The Morgan fingerprint density at radius 3 is 2.45 bits per heavy atom. The van der Waals surface area contributed by atoms with Crippen molar-refractivity contribution in [3.05, 3.63) is 54.2 Å². The van der Waals surface area contributed by atoms with Crippen molar-refractivity contribution in [2.75, 3.05) is 7.05 Å². The van der Waals surface area contributed by atoms with E-state index in [0.717, 1.165) is 5.56 Å². The third-order valence-electron chi connectivity index (χ3n) is 7.54. The number of ketones is 1. The summed E-state index contributed by atoms with van der Waals surface area (Å²) in [5.74, 6) is -4.22. The van der Waals surface area contributed by atoms with Crippen molar-refractivity contribution in [1.82, 2.24) is 15.6 Å². The number of fused-ring (bicyclic) bond motifs is 2. The molecule has 0 spiro atoms. The number of carbonyl (C=O) groups is 5. The summed E-state index contributed by atoms with van der Waals surface area (Å²) in [7, 11) is 1.40. The number of aliphatic carboxylic acids is 1. The Bertz CT molecular complexity index is 1370. The minimum atomic E-state index is -2.97. The fraction of sp³-hybridized carbons (Fsp3) is 0.448. The quantitative estimate of drug-likeness (QED) is 0.248. The highest BCUT2D eigenvalue weighted by Gasteiger charge is 2.69. The maximum absolute atomic E-state index is 13.6. The van der Waals surface area contributed by atoms with Crippen LogP contribution in [-0.4, -0.2) is 75.8 Å². The first-order valence-electron chi connectivity index (χ1n) is 14.0. The largest absolute Gasteiger partial charge is 0.716 e. The summed E-state index contributed by atoms with van der Waals surface area (Å²) in [6.07, 6.45) is -2.24. The molecule has 4 rings (SSSR count). The van der Waals surface area contributed by atoms with E-state index in [2.05, 4.69) is 20.3 Å². The van der Waals surface area contributed by atoms with Crippen LogP contribution >= 0.6 is 0 Å². The molecule has 3 heterocycles. The Morgan fingerprint density at radius 2 is 1.81 bits per heavy atom. The van der Waals surface area contributed by atoms with E-state index >= 15 is 0 Å². The molecule has 13 heteroatoms. The molecule has 2 aromatic rings. The molecular formula is C29H36BN3O9. The zero-order valence-electron chi connectivity index (χ0n) is 24.0. The average molecular weight is 581 g/mol. The number of amides is 2. The summed E-state index contributed by atoms with van der Waals surface area (Å²) in [6.45, 7) is 2.15. The summed E-state index contributed by atoms with van der Waals surface area (Å²) < 4.78 is 15.7. The molecule has 0 aliphatic carbocycles. The third-order valence-corrected chi connectivity index (χ3v) is 7.54. The molecule has 2 aliphatic rings. The predicted molar refractivity (Wildman–Crippen MR) is 152 cm³/mol. The number of rotatable bonds is 12. The number of nitrogens with one attached hydrogen (secondary N) is 2. The molecule has 42 heavy (non-hydrogen) atoms. The van der Waals surface area contributed by atoms with E-state index < -0.39 is 72.7 Å². The van der Waals surface area contributed by atoms with Gasteiger partial charge in [0, 0.05) is 17.4 Å². The Kier molecular flexibility index (Phi) is 9.12. The van der Waals surface area contributed by atoms with Crippen LogP contribution < -0.4 is 10.6 Å². The fourth-order valence-corrected chi connectivity index (χ4v) is 5.55. The van der Waals surface area contributed by atoms with E-state index in [-0.39, 0.29) is 24.5 Å². The predicted octanol–water partition coefficient (Wildman–Crippen LogP) is 1.45. The lowest BCUT2D eigenvalue weighted by Crippen LogP contribution is -2.57. The van der Waals surface area contributed by atoms with Crippen LogP contribution in [-0.2, 0) is 28.5 Å². The number of aliphatic hydroxyl groups excluding tert-OH is 1. The van der Waals surface area contributed by atoms with Crippen molar-refractivity contribution >= 4 is 36.3 Å². The van der Waals surface area contributed by atoms with Gasteiger partial charge in [0.05, 0.1) is 24.6 Å². The summed E-state index contributed by atoms with van der Waals surface area (Å²) in [5, 5.41) is 15.5. The Labute approximate surface area is 243 Å². The van der Waals surface area contributed by atoms with E-state index in [0.29, 0.717) is 5.69 Å². The molecule has 1 aromatic carbocycles. The van der Waals surface area contributed by atoms with Gasteiger partial charge in [-0.05, 0) is 37.2 Å². The van der Waals surface area contributed by atoms with Crippen LogP contribution in [0.2, 0.25) is 5.82 Å². The number of aliphatic hydroxyl groups is 1. The second-order valence-corrected chi connectivity index (χ2v) is 11.3. The lowest BCUT2D eigenvalue weighted by Gasteiger charge is -2.43. The molecule has 224 valence electrons. The number of benzene rings is 1. The van der Waals surface area contributed by atoms with Crippen molar-refractivity contribution < 1.29 is 43.0 Å². The second-order valence-electron chi connectivity index (χ2n) is 11.3. The van der Waals surface area contributed by atoms with Gasteiger partial charge in [-0.25, -0.2) is 4.98 Å². The van der Waals surface area contributed by atoms with Crippen molar-refractivity contribution in [3.8, 4) is 11.3 Å².